The van der Waals surface area contributed by atoms with Crippen LogP contribution in [-0.2, 0) is 26.3 Å². The smallest absolute Gasteiger partial charge is 0.229 e. The van der Waals surface area contributed by atoms with Crippen LogP contribution in [0.1, 0.15) is 0 Å². The van der Waals surface area contributed by atoms with E-state index in [1.807, 2.05) is 30.3 Å². The van der Waals surface area contributed by atoms with Gasteiger partial charge >= 0.3 is 0 Å². The third-order valence-corrected chi connectivity index (χ3v) is 2.88. The van der Waals surface area contributed by atoms with Crippen molar-refractivity contribution in [3.8, 4) is 0 Å². The molecule has 0 atom stereocenters. The number of Topliss-reactive ketones (excluding diaryl/α,β-unsaturated/α-hetero) is 1. The van der Waals surface area contributed by atoms with Gasteiger partial charge in [0.05, 0.1) is 7.11 Å². The Morgan fingerprint density at radius 2 is 1.96 bits per heavy atom. The van der Waals surface area contributed by atoms with Crippen molar-refractivity contribution in [1.29, 1.82) is 0 Å². The molecule has 23 heavy (non-hydrogen) atoms. The molecule has 1 aliphatic rings. The summed E-state index contributed by atoms with van der Waals surface area (Å²) in [6.45, 7) is 0. The predicted octanol–water partition coefficient (Wildman–Crippen LogP) is 1.20. The first-order chi connectivity index (χ1) is 10.2. The monoisotopic (exact) mass is 378 g/mol. The maximum absolute atomic E-state index is 11.9. The summed E-state index contributed by atoms with van der Waals surface area (Å²) < 4.78 is 4.97. The summed E-state index contributed by atoms with van der Waals surface area (Å²) in [5, 5.41) is 3.40. The Bertz CT molecular complexity index is 630. The van der Waals surface area contributed by atoms with Gasteiger partial charge in [-0.05, 0) is 36.5 Å². The van der Waals surface area contributed by atoms with Crippen molar-refractivity contribution < 1.29 is 31.8 Å². The Balaban J connectivity index is 0.00000242. The van der Waals surface area contributed by atoms with Crippen LogP contribution in [-0.4, -0.2) is 23.5 Å². The zero-order valence-corrected chi connectivity index (χ0v) is 14.1. The first-order valence-electron chi connectivity index (χ1n) is 6.25. The molecule has 0 aliphatic heterocycles. The zero-order chi connectivity index (χ0) is 15.1. The van der Waals surface area contributed by atoms with E-state index in [0.29, 0.717) is 16.4 Å². The molecule has 0 saturated heterocycles. The van der Waals surface area contributed by atoms with Gasteiger partial charge in [-0.3, -0.25) is 10.2 Å². The van der Waals surface area contributed by atoms with Gasteiger partial charge < -0.3 is 21.0 Å². The quantitative estimate of drug-likeness (QED) is 0.414. The molecule has 1 aromatic carbocycles. The number of ketones is 1. The average molecular weight is 378 g/mol. The normalized spacial score (nSPS) is 14.0. The van der Waals surface area contributed by atoms with E-state index >= 15 is 0 Å². The van der Waals surface area contributed by atoms with Crippen molar-refractivity contribution in [1.82, 2.24) is 10.9 Å². The minimum Gasteiger partial charge on any atom is -0.493 e. The van der Waals surface area contributed by atoms with Crippen LogP contribution >= 0.6 is 12.2 Å². The summed E-state index contributed by atoms with van der Waals surface area (Å²) >= 11 is 5.13. The SMILES string of the molecule is COC1=CC=C/C(=C/NNC(=S)Nc2ccccc2)C1=O.O.[Co]. The first kappa shape index (κ1) is 20.9. The number of hydrogen-bond acceptors (Lipinski definition) is 4. The van der Waals surface area contributed by atoms with Gasteiger partial charge in [0.1, 0.15) is 0 Å². The number of carbonyl (C=O) groups excluding carboxylic acids is 1. The maximum Gasteiger partial charge on any atom is 0.229 e. The molecule has 0 amide bonds. The molecule has 125 valence electrons. The Labute approximate surface area is 150 Å². The molecule has 0 fully saturated rings. The molecule has 0 unspecified atom stereocenters. The largest absolute Gasteiger partial charge is 0.493 e. The van der Waals surface area contributed by atoms with E-state index in [1.54, 1.807) is 18.2 Å². The third-order valence-electron chi connectivity index (χ3n) is 2.67. The fraction of sp³-hybridized carbons (Fsp3) is 0.0667. The third kappa shape index (κ3) is 6.24. The Morgan fingerprint density at radius 3 is 2.61 bits per heavy atom. The van der Waals surface area contributed by atoms with Crippen LogP contribution in [0.5, 0.6) is 0 Å². The molecule has 0 spiro atoms. The number of benzene rings is 1. The summed E-state index contributed by atoms with van der Waals surface area (Å²) in [4.78, 5) is 11.9. The number of para-hydroxylation sites is 1. The molecule has 1 aromatic rings. The molecule has 8 heteroatoms. The number of rotatable bonds is 4. The Morgan fingerprint density at radius 1 is 1.26 bits per heavy atom. The number of hydrogen-bond donors (Lipinski definition) is 3. The molecular formula is C15H17CoN3O3S. The number of thiocarbonyl (C=S) groups is 1. The minimum atomic E-state index is -0.184. The van der Waals surface area contributed by atoms with Gasteiger partial charge in [0, 0.05) is 34.2 Å². The van der Waals surface area contributed by atoms with Crippen molar-refractivity contribution in [3.05, 3.63) is 66.1 Å². The van der Waals surface area contributed by atoms with Gasteiger partial charge in [-0.15, -0.1) is 0 Å². The second-order valence-electron chi connectivity index (χ2n) is 4.11. The first-order valence-corrected chi connectivity index (χ1v) is 6.66. The van der Waals surface area contributed by atoms with E-state index in [0.717, 1.165) is 5.69 Å². The van der Waals surface area contributed by atoms with Gasteiger partial charge in [0.25, 0.3) is 0 Å². The summed E-state index contributed by atoms with van der Waals surface area (Å²) in [7, 11) is 1.46. The van der Waals surface area contributed by atoms with Crippen molar-refractivity contribution in [2.75, 3.05) is 12.4 Å². The average Bonchev–Trinajstić information content (AvgIpc) is 2.50. The molecule has 0 heterocycles. The minimum absolute atomic E-state index is 0. The Kier molecular flexibility index (Phi) is 9.59. The van der Waals surface area contributed by atoms with E-state index in [4.69, 9.17) is 17.0 Å². The fourth-order valence-corrected chi connectivity index (χ4v) is 1.85. The van der Waals surface area contributed by atoms with Gasteiger partial charge in [0.15, 0.2) is 10.9 Å². The van der Waals surface area contributed by atoms with Crippen LogP contribution in [0.4, 0.5) is 5.69 Å². The molecule has 0 aromatic heterocycles. The molecular weight excluding hydrogens is 361 g/mol. The van der Waals surface area contributed by atoms with Gasteiger partial charge in [-0.1, -0.05) is 24.3 Å². The van der Waals surface area contributed by atoms with E-state index in [2.05, 4.69) is 16.2 Å². The number of nitrogens with one attached hydrogen (secondary N) is 3. The number of ether oxygens (including phenoxy) is 1. The van der Waals surface area contributed by atoms with Gasteiger partial charge in [-0.25, -0.2) is 0 Å². The van der Waals surface area contributed by atoms with Gasteiger partial charge in [0.2, 0.25) is 5.78 Å². The second-order valence-corrected chi connectivity index (χ2v) is 4.52. The molecule has 1 aliphatic carbocycles. The fourth-order valence-electron chi connectivity index (χ4n) is 1.67. The van der Waals surface area contributed by atoms with Crippen molar-refractivity contribution in [2.24, 2.45) is 0 Å². The standard InChI is InChI=1S/C15H15N3O2S.Co.H2O/c1-20-13-9-5-6-11(14(13)19)10-16-18-15(21)17-12-7-3-2-4-8-12;;/h2-10,16H,1H3,(H2,17,18,21);;1H2/b11-10-;;. The van der Waals surface area contributed by atoms with E-state index < -0.39 is 0 Å². The van der Waals surface area contributed by atoms with Crippen molar-refractivity contribution >= 4 is 28.8 Å². The molecule has 1 radical (unpaired) electrons. The van der Waals surface area contributed by atoms with Crippen LogP contribution in [0.25, 0.3) is 0 Å². The molecule has 0 bridgehead atoms. The van der Waals surface area contributed by atoms with Crippen LogP contribution < -0.4 is 16.2 Å². The topological polar surface area (TPSA) is 93.9 Å². The van der Waals surface area contributed by atoms with E-state index in [1.165, 1.54) is 13.3 Å². The molecule has 0 saturated carbocycles. The van der Waals surface area contributed by atoms with Crippen LogP contribution in [0.15, 0.2) is 66.1 Å². The Hall–Kier alpha value is -2.13. The number of anilines is 1. The summed E-state index contributed by atoms with van der Waals surface area (Å²) in [6, 6.07) is 9.53. The van der Waals surface area contributed by atoms with Crippen LogP contribution in [0.2, 0.25) is 0 Å². The van der Waals surface area contributed by atoms with E-state index in [9.17, 15) is 4.79 Å². The van der Waals surface area contributed by atoms with E-state index in [-0.39, 0.29) is 28.0 Å². The summed E-state index contributed by atoms with van der Waals surface area (Å²) in [5.41, 5.74) is 6.91. The molecule has 5 N–H and O–H groups in total. The van der Waals surface area contributed by atoms with Gasteiger partial charge in [-0.2, -0.15) is 0 Å². The molecule has 6 nitrogen and oxygen atoms in total. The van der Waals surface area contributed by atoms with Crippen LogP contribution in [0, 0.1) is 0 Å². The summed E-state index contributed by atoms with van der Waals surface area (Å²) in [5.74, 6) is 0.117. The van der Waals surface area contributed by atoms with Crippen LogP contribution in [0.3, 0.4) is 0 Å². The van der Waals surface area contributed by atoms with Crippen molar-refractivity contribution in [2.45, 2.75) is 0 Å². The number of allylic oxidation sites excluding steroid dienone is 4. The predicted molar refractivity (Wildman–Crippen MR) is 89.9 cm³/mol. The second kappa shape index (κ2) is 10.6. The zero-order valence-electron chi connectivity index (χ0n) is 12.3. The molecule has 2 rings (SSSR count). The number of carbonyl (C=O) groups is 1. The number of hydrazine groups is 1. The maximum atomic E-state index is 11.9. The number of methoxy groups -OCH3 is 1. The van der Waals surface area contributed by atoms with Crippen molar-refractivity contribution in [3.63, 3.8) is 0 Å². The summed E-state index contributed by atoms with van der Waals surface area (Å²) in [6.07, 6.45) is 6.58.